The smallest absolute Gasteiger partial charge is 0.291 e. The lowest BCUT2D eigenvalue weighted by Crippen LogP contribution is -2.36. The second kappa shape index (κ2) is 5.00. The lowest BCUT2D eigenvalue weighted by molar-refractivity contribution is 0.0694. The van der Waals surface area contributed by atoms with Gasteiger partial charge in [-0.3, -0.25) is 9.59 Å². The van der Waals surface area contributed by atoms with E-state index in [0.717, 1.165) is 19.3 Å². The molecule has 0 atom stereocenters. The molecule has 0 bridgehead atoms. The van der Waals surface area contributed by atoms with Crippen molar-refractivity contribution in [3.63, 3.8) is 0 Å². The molecule has 1 aliphatic rings. The topological polar surface area (TPSA) is 76.5 Å². The van der Waals surface area contributed by atoms with Gasteiger partial charge in [0.2, 0.25) is 11.2 Å². The molecule has 5 heteroatoms. The maximum atomic E-state index is 12.4. The highest BCUT2D eigenvalue weighted by Crippen LogP contribution is 2.20. The molecule has 1 amide bonds. The molecule has 0 aliphatic carbocycles. The Bertz CT molecular complexity index is 715. The van der Waals surface area contributed by atoms with Crippen LogP contribution in [0.4, 0.5) is 5.69 Å². The Morgan fingerprint density at radius 2 is 1.85 bits per heavy atom. The first kappa shape index (κ1) is 12.7. The second-order valence-corrected chi connectivity index (χ2v) is 5.02. The largest absolute Gasteiger partial charge is 0.448 e. The maximum Gasteiger partial charge on any atom is 0.291 e. The molecule has 0 saturated carbocycles. The zero-order chi connectivity index (χ0) is 14.1. The first-order chi connectivity index (χ1) is 9.68. The number of carbonyl (C=O) groups excluding carboxylic acids is 1. The molecule has 3 rings (SSSR count). The quantitative estimate of drug-likeness (QED) is 0.861. The highest BCUT2D eigenvalue weighted by Gasteiger charge is 2.24. The first-order valence-electron chi connectivity index (χ1n) is 6.79. The van der Waals surface area contributed by atoms with Crippen LogP contribution in [-0.4, -0.2) is 23.9 Å². The van der Waals surface area contributed by atoms with Crippen molar-refractivity contribution in [2.75, 3.05) is 18.8 Å². The number of hydrogen-bond donors (Lipinski definition) is 1. The summed E-state index contributed by atoms with van der Waals surface area (Å²) < 4.78 is 5.57. The van der Waals surface area contributed by atoms with Crippen molar-refractivity contribution in [2.45, 2.75) is 19.3 Å². The van der Waals surface area contributed by atoms with Gasteiger partial charge in [0, 0.05) is 13.1 Å². The Kier molecular flexibility index (Phi) is 3.18. The lowest BCUT2D eigenvalue weighted by atomic mass is 10.1. The number of hydrogen-bond acceptors (Lipinski definition) is 4. The fraction of sp³-hybridized carbons (Fsp3) is 0.333. The van der Waals surface area contributed by atoms with E-state index in [0.29, 0.717) is 24.1 Å². The van der Waals surface area contributed by atoms with Crippen LogP contribution in [0.5, 0.6) is 0 Å². The van der Waals surface area contributed by atoms with Gasteiger partial charge in [-0.25, -0.2) is 0 Å². The third-order valence-corrected chi connectivity index (χ3v) is 3.67. The van der Waals surface area contributed by atoms with Gasteiger partial charge >= 0.3 is 0 Å². The lowest BCUT2D eigenvalue weighted by Gasteiger charge is -2.26. The number of likely N-dealkylation sites (tertiary alicyclic amines) is 1. The van der Waals surface area contributed by atoms with E-state index in [1.165, 1.54) is 0 Å². The van der Waals surface area contributed by atoms with Crippen molar-refractivity contribution in [3.8, 4) is 0 Å². The Labute approximate surface area is 116 Å². The summed E-state index contributed by atoms with van der Waals surface area (Å²) in [5, 5.41) is 0.403. The number of para-hydroxylation sites is 1. The molecule has 0 radical (unpaired) electrons. The van der Waals surface area contributed by atoms with Gasteiger partial charge in [-0.15, -0.1) is 0 Å². The number of rotatable bonds is 1. The van der Waals surface area contributed by atoms with E-state index in [2.05, 4.69) is 0 Å². The number of amides is 1. The van der Waals surface area contributed by atoms with Crippen LogP contribution in [0, 0.1) is 0 Å². The Hall–Kier alpha value is -2.30. The molecule has 104 valence electrons. The van der Waals surface area contributed by atoms with Gasteiger partial charge in [0.15, 0.2) is 0 Å². The van der Waals surface area contributed by atoms with Crippen LogP contribution in [-0.2, 0) is 0 Å². The molecule has 1 aromatic carbocycles. The van der Waals surface area contributed by atoms with E-state index in [9.17, 15) is 9.59 Å². The monoisotopic (exact) mass is 272 g/mol. The molecule has 0 unspecified atom stereocenters. The number of piperidine rings is 1. The van der Waals surface area contributed by atoms with Gasteiger partial charge in [-0.05, 0) is 31.4 Å². The molecule has 2 aromatic rings. The zero-order valence-electron chi connectivity index (χ0n) is 11.1. The minimum absolute atomic E-state index is 0.0319. The summed E-state index contributed by atoms with van der Waals surface area (Å²) in [6, 6.07) is 6.82. The molecule has 5 nitrogen and oxygen atoms in total. The first-order valence-corrected chi connectivity index (χ1v) is 6.79. The van der Waals surface area contributed by atoms with E-state index in [1.54, 1.807) is 29.2 Å². The number of nitrogen functional groups attached to an aromatic ring is 1. The standard InChI is InChI=1S/C15H16N2O3/c16-12-13(18)10-6-2-3-7-11(10)20-14(12)15(19)17-8-4-1-5-9-17/h2-3,6-7H,1,4-5,8-9,16H2. The van der Waals surface area contributed by atoms with Crippen LogP contribution in [0.25, 0.3) is 11.0 Å². The minimum atomic E-state index is -0.341. The van der Waals surface area contributed by atoms with Crippen LogP contribution < -0.4 is 11.2 Å². The van der Waals surface area contributed by atoms with E-state index in [4.69, 9.17) is 10.2 Å². The summed E-state index contributed by atoms with van der Waals surface area (Å²) >= 11 is 0. The van der Waals surface area contributed by atoms with E-state index < -0.39 is 0 Å². The predicted octanol–water partition coefficient (Wildman–Crippen LogP) is 2.00. The van der Waals surface area contributed by atoms with Crippen LogP contribution in [0.15, 0.2) is 33.5 Å². The maximum absolute atomic E-state index is 12.4. The normalized spacial score (nSPS) is 15.5. The average Bonchev–Trinajstić information content (AvgIpc) is 2.51. The molecule has 1 aliphatic heterocycles. The molecule has 2 heterocycles. The molecule has 1 fully saturated rings. The fourth-order valence-electron chi connectivity index (χ4n) is 2.56. The number of fused-ring (bicyclic) bond motifs is 1. The van der Waals surface area contributed by atoms with Gasteiger partial charge < -0.3 is 15.1 Å². The van der Waals surface area contributed by atoms with Crippen molar-refractivity contribution < 1.29 is 9.21 Å². The van der Waals surface area contributed by atoms with Crippen molar-refractivity contribution in [1.82, 2.24) is 4.90 Å². The number of anilines is 1. The van der Waals surface area contributed by atoms with Crippen LogP contribution >= 0.6 is 0 Å². The molecular weight excluding hydrogens is 256 g/mol. The average molecular weight is 272 g/mol. The summed E-state index contributed by atoms with van der Waals surface area (Å²) in [5.74, 6) is -0.319. The number of benzene rings is 1. The molecule has 1 aromatic heterocycles. The Balaban J connectivity index is 2.09. The molecule has 1 saturated heterocycles. The predicted molar refractivity (Wildman–Crippen MR) is 76.7 cm³/mol. The van der Waals surface area contributed by atoms with Crippen molar-refractivity contribution >= 4 is 22.6 Å². The molecule has 2 N–H and O–H groups in total. The van der Waals surface area contributed by atoms with E-state index >= 15 is 0 Å². The molecule has 20 heavy (non-hydrogen) atoms. The highest BCUT2D eigenvalue weighted by molar-refractivity contribution is 5.98. The van der Waals surface area contributed by atoms with Gasteiger partial charge in [0.1, 0.15) is 11.3 Å². The second-order valence-electron chi connectivity index (χ2n) is 5.02. The minimum Gasteiger partial charge on any atom is -0.448 e. The van der Waals surface area contributed by atoms with Crippen molar-refractivity contribution in [1.29, 1.82) is 0 Å². The Morgan fingerprint density at radius 1 is 1.15 bits per heavy atom. The Morgan fingerprint density at radius 3 is 2.60 bits per heavy atom. The number of nitrogens with two attached hydrogens (primary N) is 1. The van der Waals surface area contributed by atoms with E-state index in [-0.39, 0.29) is 22.8 Å². The van der Waals surface area contributed by atoms with Gasteiger partial charge in [0.25, 0.3) is 5.91 Å². The van der Waals surface area contributed by atoms with Crippen LogP contribution in [0.1, 0.15) is 29.8 Å². The highest BCUT2D eigenvalue weighted by atomic mass is 16.3. The summed E-state index contributed by atoms with van der Waals surface area (Å²) in [6.45, 7) is 1.38. The third kappa shape index (κ3) is 2.05. The van der Waals surface area contributed by atoms with E-state index in [1.807, 2.05) is 0 Å². The van der Waals surface area contributed by atoms with Crippen LogP contribution in [0.3, 0.4) is 0 Å². The fourth-order valence-corrected chi connectivity index (χ4v) is 2.56. The van der Waals surface area contributed by atoms with Crippen LogP contribution in [0.2, 0.25) is 0 Å². The van der Waals surface area contributed by atoms with Crippen molar-refractivity contribution in [2.24, 2.45) is 0 Å². The molecular formula is C15H16N2O3. The SMILES string of the molecule is Nc1c(C(=O)N2CCCCC2)oc2ccccc2c1=O. The summed E-state index contributed by atoms with van der Waals surface area (Å²) in [4.78, 5) is 26.3. The van der Waals surface area contributed by atoms with Gasteiger partial charge in [0.05, 0.1) is 5.39 Å². The van der Waals surface area contributed by atoms with Gasteiger partial charge in [-0.2, -0.15) is 0 Å². The number of nitrogens with zero attached hydrogens (tertiary/aromatic N) is 1. The zero-order valence-corrected chi connectivity index (χ0v) is 11.1. The summed E-state index contributed by atoms with van der Waals surface area (Å²) in [5.41, 5.74) is 5.76. The third-order valence-electron chi connectivity index (χ3n) is 3.67. The summed E-state index contributed by atoms with van der Waals surface area (Å²) in [7, 11) is 0. The number of carbonyl (C=O) groups is 1. The summed E-state index contributed by atoms with van der Waals surface area (Å²) in [6.07, 6.45) is 3.08. The van der Waals surface area contributed by atoms with Gasteiger partial charge in [-0.1, -0.05) is 12.1 Å². The van der Waals surface area contributed by atoms with Crippen molar-refractivity contribution in [3.05, 3.63) is 40.2 Å². The molecule has 0 spiro atoms.